The third-order valence-electron chi connectivity index (χ3n) is 2.43. The van der Waals surface area contributed by atoms with Gasteiger partial charge in [-0.25, -0.2) is 9.18 Å². The van der Waals surface area contributed by atoms with Crippen molar-refractivity contribution < 1.29 is 19.0 Å². The predicted octanol–water partition coefficient (Wildman–Crippen LogP) is 3.62. The van der Waals surface area contributed by atoms with Crippen LogP contribution in [0.1, 0.15) is 15.9 Å². The van der Waals surface area contributed by atoms with Crippen molar-refractivity contribution in [2.75, 3.05) is 0 Å². The molecule has 0 saturated heterocycles. The maximum Gasteiger partial charge on any atom is 0.335 e. The molecule has 2 aromatic carbocycles. The Morgan fingerprint density at radius 2 is 1.83 bits per heavy atom. The van der Waals surface area contributed by atoms with Gasteiger partial charge in [0.1, 0.15) is 5.75 Å². The predicted molar refractivity (Wildman–Crippen MR) is 64.6 cm³/mol. The molecule has 0 atom stereocenters. The van der Waals surface area contributed by atoms with Crippen molar-refractivity contribution in [3.8, 4) is 11.5 Å². The summed E-state index contributed by atoms with van der Waals surface area (Å²) in [6, 6.07) is 10.7. The summed E-state index contributed by atoms with van der Waals surface area (Å²) >= 11 is 0. The molecule has 0 bridgehead atoms. The van der Waals surface area contributed by atoms with Crippen molar-refractivity contribution in [3.05, 3.63) is 59.4 Å². The summed E-state index contributed by atoms with van der Waals surface area (Å²) in [4.78, 5) is 10.7. The van der Waals surface area contributed by atoms with E-state index >= 15 is 0 Å². The number of carbonyl (C=O) groups is 1. The number of hydrogen-bond acceptors (Lipinski definition) is 2. The molecule has 1 N–H and O–H groups in total. The number of carboxylic acid groups (broad SMARTS) is 1. The van der Waals surface area contributed by atoms with Crippen molar-refractivity contribution in [2.45, 2.75) is 6.92 Å². The van der Waals surface area contributed by atoms with Gasteiger partial charge in [-0.15, -0.1) is 0 Å². The topological polar surface area (TPSA) is 46.5 Å². The Morgan fingerprint density at radius 1 is 1.17 bits per heavy atom. The monoisotopic (exact) mass is 246 g/mol. The van der Waals surface area contributed by atoms with Gasteiger partial charge in [-0.2, -0.15) is 0 Å². The minimum atomic E-state index is -1.17. The molecule has 92 valence electrons. The van der Waals surface area contributed by atoms with Crippen LogP contribution in [-0.4, -0.2) is 11.1 Å². The number of aryl methyl sites for hydroxylation is 1. The van der Waals surface area contributed by atoms with Crippen LogP contribution in [0.25, 0.3) is 0 Å². The highest BCUT2D eigenvalue weighted by molar-refractivity contribution is 5.87. The van der Waals surface area contributed by atoms with Gasteiger partial charge in [-0.3, -0.25) is 0 Å². The van der Waals surface area contributed by atoms with Gasteiger partial charge in [0.25, 0.3) is 0 Å². The van der Waals surface area contributed by atoms with Gasteiger partial charge in [0.05, 0.1) is 5.56 Å². The van der Waals surface area contributed by atoms with Crippen LogP contribution in [0.2, 0.25) is 0 Å². The molecule has 0 aromatic heterocycles. The number of halogens is 1. The molecule has 0 amide bonds. The number of aromatic carboxylic acids is 1. The molecular weight excluding hydrogens is 235 g/mol. The van der Waals surface area contributed by atoms with Crippen LogP contribution in [0, 0.1) is 12.7 Å². The Labute approximate surface area is 103 Å². The molecule has 0 fully saturated rings. The van der Waals surface area contributed by atoms with Crippen molar-refractivity contribution in [1.29, 1.82) is 0 Å². The molecule has 0 saturated carbocycles. The molecule has 0 unspecified atom stereocenters. The Bertz CT molecular complexity index is 576. The fourth-order valence-electron chi connectivity index (χ4n) is 1.45. The molecule has 18 heavy (non-hydrogen) atoms. The van der Waals surface area contributed by atoms with Gasteiger partial charge in [-0.05, 0) is 37.3 Å². The van der Waals surface area contributed by atoms with Crippen molar-refractivity contribution in [1.82, 2.24) is 0 Å². The molecule has 2 rings (SSSR count). The largest absolute Gasteiger partial charge is 0.478 e. The van der Waals surface area contributed by atoms with E-state index in [2.05, 4.69) is 0 Å². The van der Waals surface area contributed by atoms with E-state index in [-0.39, 0.29) is 11.3 Å². The third-order valence-corrected chi connectivity index (χ3v) is 2.43. The van der Waals surface area contributed by atoms with Gasteiger partial charge in [0.2, 0.25) is 0 Å². The van der Waals surface area contributed by atoms with Crippen molar-refractivity contribution in [3.63, 3.8) is 0 Å². The van der Waals surface area contributed by atoms with Gasteiger partial charge < -0.3 is 9.84 Å². The van der Waals surface area contributed by atoms with Crippen LogP contribution >= 0.6 is 0 Å². The quantitative estimate of drug-likeness (QED) is 0.899. The summed E-state index contributed by atoms with van der Waals surface area (Å²) in [7, 11) is 0. The van der Waals surface area contributed by atoms with Crippen LogP contribution in [0.4, 0.5) is 4.39 Å². The molecule has 0 radical (unpaired) electrons. The number of carboxylic acids is 1. The maximum atomic E-state index is 13.6. The second-order valence-corrected chi connectivity index (χ2v) is 3.87. The first-order valence-corrected chi connectivity index (χ1v) is 5.33. The standard InChI is InChI=1S/C14H11FO3/c1-9-2-5-11(6-3-9)18-13-7-4-10(14(16)17)8-12(13)15/h2-8H,1H3,(H,16,17). The average Bonchev–Trinajstić information content (AvgIpc) is 2.34. The lowest BCUT2D eigenvalue weighted by Crippen LogP contribution is -1.98. The second-order valence-electron chi connectivity index (χ2n) is 3.87. The number of ether oxygens (including phenoxy) is 1. The van der Waals surface area contributed by atoms with Gasteiger partial charge in [-0.1, -0.05) is 17.7 Å². The highest BCUT2D eigenvalue weighted by atomic mass is 19.1. The third kappa shape index (κ3) is 2.66. The number of rotatable bonds is 3. The minimum absolute atomic E-state index is 0.00357. The highest BCUT2D eigenvalue weighted by Crippen LogP contribution is 2.25. The zero-order chi connectivity index (χ0) is 13.1. The lowest BCUT2D eigenvalue weighted by atomic mass is 10.2. The Balaban J connectivity index is 2.24. The molecule has 2 aromatic rings. The maximum absolute atomic E-state index is 13.6. The molecule has 3 nitrogen and oxygen atoms in total. The van der Waals surface area contributed by atoms with E-state index in [1.54, 1.807) is 12.1 Å². The zero-order valence-corrected chi connectivity index (χ0v) is 9.68. The van der Waals surface area contributed by atoms with E-state index in [9.17, 15) is 9.18 Å². The summed E-state index contributed by atoms with van der Waals surface area (Å²) in [5, 5.41) is 8.71. The molecule has 0 heterocycles. The van der Waals surface area contributed by atoms with Crippen LogP contribution in [-0.2, 0) is 0 Å². The molecule has 0 spiro atoms. The van der Waals surface area contributed by atoms with Crippen molar-refractivity contribution >= 4 is 5.97 Å². The molecule has 0 aliphatic heterocycles. The zero-order valence-electron chi connectivity index (χ0n) is 9.68. The average molecular weight is 246 g/mol. The molecule has 0 aliphatic carbocycles. The van der Waals surface area contributed by atoms with E-state index in [0.29, 0.717) is 5.75 Å². The lowest BCUT2D eigenvalue weighted by molar-refractivity contribution is 0.0696. The SMILES string of the molecule is Cc1ccc(Oc2ccc(C(=O)O)cc2F)cc1. The summed E-state index contributed by atoms with van der Waals surface area (Å²) in [5.74, 6) is -1.36. The van der Waals surface area contributed by atoms with E-state index in [1.165, 1.54) is 12.1 Å². The molecular formula is C14H11FO3. The number of benzene rings is 2. The van der Waals surface area contributed by atoms with E-state index < -0.39 is 11.8 Å². The summed E-state index contributed by atoms with van der Waals surface area (Å²) in [6.07, 6.45) is 0. The van der Waals surface area contributed by atoms with Crippen LogP contribution in [0.3, 0.4) is 0 Å². The fraction of sp³-hybridized carbons (Fsp3) is 0.0714. The minimum Gasteiger partial charge on any atom is -0.478 e. The fourth-order valence-corrected chi connectivity index (χ4v) is 1.45. The Kier molecular flexibility index (Phi) is 3.28. The highest BCUT2D eigenvalue weighted by Gasteiger charge is 2.09. The van der Waals surface area contributed by atoms with Crippen LogP contribution in [0.15, 0.2) is 42.5 Å². The number of hydrogen-bond donors (Lipinski definition) is 1. The molecule has 4 heteroatoms. The van der Waals surface area contributed by atoms with Gasteiger partial charge in [0, 0.05) is 0 Å². The van der Waals surface area contributed by atoms with E-state index in [0.717, 1.165) is 11.6 Å². The summed E-state index contributed by atoms with van der Waals surface area (Å²) in [5.41, 5.74) is 0.966. The van der Waals surface area contributed by atoms with E-state index in [4.69, 9.17) is 9.84 Å². The second kappa shape index (κ2) is 4.87. The van der Waals surface area contributed by atoms with Crippen LogP contribution in [0.5, 0.6) is 11.5 Å². The van der Waals surface area contributed by atoms with E-state index in [1.807, 2.05) is 19.1 Å². The van der Waals surface area contributed by atoms with Crippen molar-refractivity contribution in [2.24, 2.45) is 0 Å². The first kappa shape index (κ1) is 12.1. The lowest BCUT2D eigenvalue weighted by Gasteiger charge is -2.07. The first-order chi connectivity index (χ1) is 8.56. The summed E-state index contributed by atoms with van der Waals surface area (Å²) in [6.45, 7) is 1.94. The Hall–Kier alpha value is -2.36. The molecule has 0 aliphatic rings. The van der Waals surface area contributed by atoms with Crippen LogP contribution < -0.4 is 4.74 Å². The normalized spacial score (nSPS) is 10.1. The smallest absolute Gasteiger partial charge is 0.335 e. The van der Waals surface area contributed by atoms with Gasteiger partial charge >= 0.3 is 5.97 Å². The first-order valence-electron chi connectivity index (χ1n) is 5.33. The van der Waals surface area contributed by atoms with Gasteiger partial charge in [0.15, 0.2) is 11.6 Å². The summed E-state index contributed by atoms with van der Waals surface area (Å²) < 4.78 is 18.9. The Morgan fingerprint density at radius 3 is 2.39 bits per heavy atom.